The summed E-state index contributed by atoms with van der Waals surface area (Å²) in [5.41, 5.74) is 1.57. The van der Waals surface area contributed by atoms with E-state index in [4.69, 9.17) is 14.2 Å². The van der Waals surface area contributed by atoms with Crippen LogP contribution in [0.25, 0.3) is 10.8 Å². The molecule has 5 heteroatoms. The second kappa shape index (κ2) is 10.2. The number of fused-ring (bicyclic) bond motifs is 1. The Labute approximate surface area is 187 Å². The van der Waals surface area contributed by atoms with E-state index >= 15 is 0 Å². The third-order valence-corrected chi connectivity index (χ3v) is 5.29. The minimum absolute atomic E-state index is 0.0806. The molecule has 0 radical (unpaired) electrons. The molecule has 0 aliphatic carbocycles. The predicted molar refractivity (Wildman–Crippen MR) is 124 cm³/mol. The molecule has 0 saturated heterocycles. The van der Waals surface area contributed by atoms with Gasteiger partial charge in [-0.3, -0.25) is 0 Å². The molecule has 4 aromatic rings. The van der Waals surface area contributed by atoms with E-state index < -0.39 is 12.2 Å². The van der Waals surface area contributed by atoms with Gasteiger partial charge >= 0.3 is 0 Å². The Morgan fingerprint density at radius 2 is 1.12 bits per heavy atom. The molecule has 164 valence electrons. The fourth-order valence-electron chi connectivity index (χ4n) is 3.58. The van der Waals surface area contributed by atoms with Crippen LogP contribution in [0.5, 0.6) is 17.2 Å². The van der Waals surface area contributed by atoms with Crippen molar-refractivity contribution in [2.75, 3.05) is 20.3 Å². The highest BCUT2D eigenvalue weighted by molar-refractivity contribution is 5.95. The van der Waals surface area contributed by atoms with Gasteiger partial charge in [0.1, 0.15) is 31.2 Å². The Hall–Kier alpha value is -3.54. The lowest BCUT2D eigenvalue weighted by Gasteiger charge is -2.19. The molecule has 4 aromatic carbocycles. The van der Waals surface area contributed by atoms with Gasteiger partial charge in [-0.2, -0.15) is 0 Å². The molecule has 0 saturated carbocycles. The summed E-state index contributed by atoms with van der Waals surface area (Å²) in [5, 5.41) is 22.6. The Morgan fingerprint density at radius 3 is 1.69 bits per heavy atom. The van der Waals surface area contributed by atoms with Gasteiger partial charge in [-0.1, -0.05) is 84.9 Å². The maximum Gasteiger partial charge on any atom is 0.169 e. The van der Waals surface area contributed by atoms with Crippen molar-refractivity contribution in [1.29, 1.82) is 0 Å². The Kier molecular flexibility index (Phi) is 6.90. The van der Waals surface area contributed by atoms with Crippen molar-refractivity contribution < 1.29 is 24.4 Å². The first-order chi connectivity index (χ1) is 15.7. The van der Waals surface area contributed by atoms with Crippen LogP contribution in [-0.2, 0) is 0 Å². The molecule has 32 heavy (non-hydrogen) atoms. The van der Waals surface area contributed by atoms with E-state index in [1.807, 2.05) is 84.9 Å². The molecule has 0 bridgehead atoms. The number of hydrogen-bond donors (Lipinski definition) is 2. The van der Waals surface area contributed by atoms with Crippen LogP contribution in [0.3, 0.4) is 0 Å². The van der Waals surface area contributed by atoms with Gasteiger partial charge in [-0.05, 0) is 11.1 Å². The molecule has 0 spiro atoms. The van der Waals surface area contributed by atoms with Gasteiger partial charge in [0.2, 0.25) is 0 Å². The van der Waals surface area contributed by atoms with Crippen molar-refractivity contribution in [3.05, 3.63) is 102 Å². The molecule has 4 rings (SSSR count). The van der Waals surface area contributed by atoms with Crippen molar-refractivity contribution >= 4 is 10.8 Å². The van der Waals surface area contributed by atoms with E-state index in [0.29, 0.717) is 17.2 Å². The van der Waals surface area contributed by atoms with E-state index in [2.05, 4.69) is 0 Å². The molecule has 0 aliphatic rings. The standard InChI is InChI=1S/C27H26O5/c1-30-26-16-25(31-17-23(28)19-10-4-2-5-11-19)21-14-8-9-15-22(21)27(26)32-18-24(29)20-12-6-3-7-13-20/h2-16,23-24,28-29H,17-18H2,1H3. The topological polar surface area (TPSA) is 68.2 Å². The summed E-state index contributed by atoms with van der Waals surface area (Å²) in [4.78, 5) is 0. The van der Waals surface area contributed by atoms with E-state index in [0.717, 1.165) is 21.9 Å². The SMILES string of the molecule is COc1cc(OCC(O)c2ccccc2)c2ccccc2c1OCC(O)c1ccccc1. The molecular weight excluding hydrogens is 404 g/mol. The summed E-state index contributed by atoms with van der Waals surface area (Å²) in [5.74, 6) is 1.62. The van der Waals surface area contributed by atoms with E-state index in [-0.39, 0.29) is 13.2 Å². The first kappa shape index (κ1) is 21.7. The van der Waals surface area contributed by atoms with Crippen LogP contribution in [0, 0.1) is 0 Å². The normalized spacial score (nSPS) is 12.8. The Morgan fingerprint density at radius 1 is 0.625 bits per heavy atom. The molecule has 2 N–H and O–H groups in total. The van der Waals surface area contributed by atoms with Crippen LogP contribution in [-0.4, -0.2) is 30.5 Å². The van der Waals surface area contributed by atoms with E-state index in [9.17, 15) is 10.2 Å². The summed E-state index contributed by atoms with van der Waals surface area (Å²) in [7, 11) is 1.56. The molecule has 0 aromatic heterocycles. The minimum atomic E-state index is -0.767. The molecule has 0 aliphatic heterocycles. The smallest absolute Gasteiger partial charge is 0.169 e. The van der Waals surface area contributed by atoms with Crippen LogP contribution in [0.2, 0.25) is 0 Å². The summed E-state index contributed by atoms with van der Waals surface area (Å²) in [6.45, 7) is 0.182. The molecular formula is C27H26O5. The summed E-state index contributed by atoms with van der Waals surface area (Å²) in [6.07, 6.45) is -1.52. The Bertz CT molecular complexity index is 1140. The van der Waals surface area contributed by atoms with Crippen LogP contribution < -0.4 is 14.2 Å². The summed E-state index contributed by atoms with van der Waals surface area (Å²) < 4.78 is 17.6. The van der Waals surface area contributed by atoms with Crippen molar-refractivity contribution in [2.24, 2.45) is 0 Å². The number of hydrogen-bond acceptors (Lipinski definition) is 5. The first-order valence-electron chi connectivity index (χ1n) is 10.5. The number of aliphatic hydroxyl groups is 2. The van der Waals surface area contributed by atoms with Gasteiger partial charge in [0, 0.05) is 16.8 Å². The lowest BCUT2D eigenvalue weighted by Crippen LogP contribution is -2.11. The molecule has 2 atom stereocenters. The molecule has 0 amide bonds. The zero-order valence-corrected chi connectivity index (χ0v) is 17.8. The second-order valence-corrected chi connectivity index (χ2v) is 7.43. The number of rotatable bonds is 9. The van der Waals surface area contributed by atoms with Crippen LogP contribution in [0.4, 0.5) is 0 Å². The lowest BCUT2D eigenvalue weighted by molar-refractivity contribution is 0.106. The average molecular weight is 431 g/mol. The fraction of sp³-hybridized carbons (Fsp3) is 0.185. The van der Waals surface area contributed by atoms with Gasteiger partial charge in [0.05, 0.1) is 7.11 Å². The fourth-order valence-corrected chi connectivity index (χ4v) is 3.58. The van der Waals surface area contributed by atoms with Gasteiger partial charge in [-0.15, -0.1) is 0 Å². The van der Waals surface area contributed by atoms with Crippen molar-refractivity contribution in [1.82, 2.24) is 0 Å². The third kappa shape index (κ3) is 4.85. The van der Waals surface area contributed by atoms with Crippen LogP contribution >= 0.6 is 0 Å². The summed E-state index contributed by atoms with van der Waals surface area (Å²) >= 11 is 0. The zero-order valence-electron chi connectivity index (χ0n) is 17.8. The highest BCUT2D eigenvalue weighted by Gasteiger charge is 2.18. The van der Waals surface area contributed by atoms with Crippen molar-refractivity contribution in [2.45, 2.75) is 12.2 Å². The highest BCUT2D eigenvalue weighted by atomic mass is 16.5. The largest absolute Gasteiger partial charge is 0.493 e. The van der Waals surface area contributed by atoms with Gasteiger partial charge < -0.3 is 24.4 Å². The second-order valence-electron chi connectivity index (χ2n) is 7.43. The molecule has 0 fully saturated rings. The van der Waals surface area contributed by atoms with Crippen molar-refractivity contribution in [3.8, 4) is 17.2 Å². The highest BCUT2D eigenvalue weighted by Crippen LogP contribution is 2.42. The van der Waals surface area contributed by atoms with Gasteiger partial charge in [0.15, 0.2) is 11.5 Å². The van der Waals surface area contributed by atoms with E-state index in [1.165, 1.54) is 0 Å². The minimum Gasteiger partial charge on any atom is -0.493 e. The summed E-state index contributed by atoms with van der Waals surface area (Å²) in [6, 6.07) is 28.2. The maximum absolute atomic E-state index is 10.5. The molecule has 0 heterocycles. The van der Waals surface area contributed by atoms with Crippen molar-refractivity contribution in [3.63, 3.8) is 0 Å². The monoisotopic (exact) mass is 430 g/mol. The molecule has 2 unspecified atom stereocenters. The number of aliphatic hydroxyl groups excluding tert-OH is 2. The zero-order chi connectivity index (χ0) is 22.3. The van der Waals surface area contributed by atoms with Crippen LogP contribution in [0.1, 0.15) is 23.3 Å². The van der Waals surface area contributed by atoms with Gasteiger partial charge in [0.25, 0.3) is 0 Å². The molecule has 5 nitrogen and oxygen atoms in total. The van der Waals surface area contributed by atoms with Gasteiger partial charge in [-0.25, -0.2) is 0 Å². The van der Waals surface area contributed by atoms with Crippen LogP contribution in [0.15, 0.2) is 91.0 Å². The number of methoxy groups -OCH3 is 1. The number of benzene rings is 4. The average Bonchev–Trinajstić information content (AvgIpc) is 2.86. The third-order valence-electron chi connectivity index (χ3n) is 5.29. The van der Waals surface area contributed by atoms with E-state index in [1.54, 1.807) is 13.2 Å². The lowest BCUT2D eigenvalue weighted by atomic mass is 10.1. The maximum atomic E-state index is 10.5. The number of ether oxygens (including phenoxy) is 3. The first-order valence-corrected chi connectivity index (χ1v) is 10.5. The predicted octanol–water partition coefficient (Wildman–Crippen LogP) is 5.07. The Balaban J connectivity index is 1.58. The quantitative estimate of drug-likeness (QED) is 0.388.